The van der Waals surface area contributed by atoms with Crippen LogP contribution in [0.15, 0.2) is 35.4 Å². The van der Waals surface area contributed by atoms with Gasteiger partial charge in [0.2, 0.25) is 0 Å². The molecule has 0 aliphatic carbocycles. The Bertz CT molecular complexity index is 895. The van der Waals surface area contributed by atoms with E-state index in [1.807, 2.05) is 13.3 Å². The van der Waals surface area contributed by atoms with Gasteiger partial charge in [-0.15, -0.1) is 0 Å². The summed E-state index contributed by atoms with van der Waals surface area (Å²) in [6.45, 7) is 4.08. The van der Waals surface area contributed by atoms with Crippen LogP contribution in [0.5, 0.6) is 5.75 Å². The van der Waals surface area contributed by atoms with E-state index in [2.05, 4.69) is 27.1 Å². The van der Waals surface area contributed by atoms with Crippen molar-refractivity contribution in [3.05, 3.63) is 66.1 Å². The van der Waals surface area contributed by atoms with Gasteiger partial charge in [-0.2, -0.15) is 6.92 Å². The van der Waals surface area contributed by atoms with Gasteiger partial charge in [-0.25, -0.2) is 4.98 Å². The number of H-pyrrole nitrogens is 1. The summed E-state index contributed by atoms with van der Waals surface area (Å²) in [5, 5.41) is 3.09. The molecule has 7 nitrogen and oxygen atoms in total. The molecule has 29 heavy (non-hydrogen) atoms. The minimum Gasteiger partial charge on any atom is -0.494 e. The van der Waals surface area contributed by atoms with E-state index in [-0.39, 0.29) is 87.5 Å². The smallest absolute Gasteiger partial charge is 0.494 e. The van der Waals surface area contributed by atoms with Crippen molar-refractivity contribution in [3.8, 4) is 17.6 Å². The van der Waals surface area contributed by atoms with Crippen molar-refractivity contribution in [2.24, 2.45) is 0 Å². The average Bonchev–Trinajstić information content (AvgIpc) is 2.67. The van der Waals surface area contributed by atoms with E-state index in [9.17, 15) is 4.79 Å². The predicted molar refractivity (Wildman–Crippen MR) is 108 cm³/mol. The van der Waals surface area contributed by atoms with Crippen molar-refractivity contribution < 1.29 is 83.1 Å². The van der Waals surface area contributed by atoms with Crippen molar-refractivity contribution in [3.63, 3.8) is 0 Å². The number of nitrogens with one attached hydrogen (secondary N) is 2. The van der Waals surface area contributed by atoms with Crippen LogP contribution < -0.4 is 84.5 Å². The largest absolute Gasteiger partial charge is 1.00 e. The fourth-order valence-electron chi connectivity index (χ4n) is 2.54. The maximum absolute atomic E-state index is 12.0. The van der Waals surface area contributed by atoms with Gasteiger partial charge in [0.05, 0.1) is 13.7 Å². The second-order valence-electron chi connectivity index (χ2n) is 6.06. The molecule has 8 heteroatoms. The number of ether oxygens (including phenoxy) is 3. The van der Waals surface area contributed by atoms with Crippen LogP contribution in [0.2, 0.25) is 0 Å². The normalized spacial score (nSPS) is 13.6. The summed E-state index contributed by atoms with van der Waals surface area (Å²) in [5.74, 6) is 6.55. The molecule has 0 amide bonds. The molecule has 150 valence electrons. The number of aromatic amines is 1. The molecule has 1 aliphatic heterocycles. The Hall–Kier alpha value is -0.768. The zero-order valence-corrected chi connectivity index (χ0v) is 23.7. The van der Waals surface area contributed by atoms with Crippen LogP contribution in [-0.4, -0.2) is 49.0 Å². The number of pyridine rings is 2. The monoisotopic (exact) mass is 516 g/mol. The quantitative estimate of drug-likeness (QED) is 0.281. The third-order valence-corrected chi connectivity index (χ3v) is 4.24. The fourth-order valence-corrected chi connectivity index (χ4v) is 2.54. The molecule has 2 aromatic rings. The van der Waals surface area contributed by atoms with E-state index in [0.717, 1.165) is 0 Å². The SMILES string of the molecule is C[CH-]C1(OCCNc2cc(C#Cc3ncccc3OC)c[nH]c2=O)COC1.[CH3-].[Cs+]. The summed E-state index contributed by atoms with van der Waals surface area (Å²) < 4.78 is 16.3. The zero-order valence-electron chi connectivity index (χ0n) is 17.4. The maximum atomic E-state index is 12.0. The van der Waals surface area contributed by atoms with Crippen LogP contribution in [0.4, 0.5) is 5.69 Å². The van der Waals surface area contributed by atoms with E-state index in [4.69, 9.17) is 14.2 Å². The van der Waals surface area contributed by atoms with Gasteiger partial charge in [-0.05, 0) is 29.7 Å². The summed E-state index contributed by atoms with van der Waals surface area (Å²) >= 11 is 0. The van der Waals surface area contributed by atoms with Gasteiger partial charge in [0.1, 0.15) is 5.69 Å². The van der Waals surface area contributed by atoms with Crippen molar-refractivity contribution in [2.45, 2.75) is 12.5 Å². The van der Waals surface area contributed by atoms with E-state index < -0.39 is 0 Å². The van der Waals surface area contributed by atoms with Crippen molar-refractivity contribution in [1.29, 1.82) is 0 Å². The summed E-state index contributed by atoms with van der Waals surface area (Å²) in [4.78, 5) is 18.9. The molecule has 0 radical (unpaired) electrons. The maximum Gasteiger partial charge on any atom is 1.00 e. The molecule has 0 atom stereocenters. The average molecular weight is 516 g/mol. The van der Waals surface area contributed by atoms with Gasteiger partial charge in [-0.3, -0.25) is 11.2 Å². The molecule has 0 bridgehead atoms. The van der Waals surface area contributed by atoms with Gasteiger partial charge in [0.15, 0.2) is 11.4 Å². The molecule has 2 N–H and O–H groups in total. The number of hydrogen-bond acceptors (Lipinski definition) is 6. The van der Waals surface area contributed by atoms with Crippen molar-refractivity contribution in [2.75, 3.05) is 38.8 Å². The summed E-state index contributed by atoms with van der Waals surface area (Å²) in [5.41, 5.74) is 1.15. The fraction of sp³-hybridized carbons (Fsp3) is 0.333. The first-order chi connectivity index (χ1) is 13.2. The first kappa shape index (κ1) is 26.3. The van der Waals surface area contributed by atoms with E-state index in [0.29, 0.717) is 49.1 Å². The Labute approximate surface area is 230 Å². The number of methoxy groups -OCH3 is 1. The summed E-state index contributed by atoms with van der Waals surface area (Å²) in [7, 11) is 1.57. The van der Waals surface area contributed by atoms with Crippen LogP contribution in [0, 0.1) is 25.7 Å². The van der Waals surface area contributed by atoms with Crippen LogP contribution >= 0.6 is 0 Å². The van der Waals surface area contributed by atoms with Gasteiger partial charge in [0.25, 0.3) is 5.56 Å². The number of hydrogen-bond donors (Lipinski definition) is 2. The van der Waals surface area contributed by atoms with Gasteiger partial charge in [-0.1, -0.05) is 5.92 Å². The minimum atomic E-state index is -0.289. The second-order valence-corrected chi connectivity index (χ2v) is 6.06. The molecule has 1 saturated heterocycles. The Kier molecular flexibility index (Phi) is 11.6. The van der Waals surface area contributed by atoms with E-state index in [1.165, 1.54) is 0 Å². The Morgan fingerprint density at radius 3 is 2.86 bits per heavy atom. The number of nitrogens with zero attached hydrogens (tertiary/aromatic N) is 1. The number of aromatic nitrogens is 2. The molecule has 0 saturated carbocycles. The molecule has 3 heterocycles. The standard InChI is InChI=1S/C20H22N3O4.CH3.Cs/c1-3-20(13-26-14-20)27-10-9-22-17-11-15(12-23-19(17)24)6-7-16-18(25-2)5-4-8-21-16;;/h3-5,8,11-12,22H,9-10,13-14H2,1-2H3,(H,23,24);1H3;/q2*-1;+1. The predicted octanol–water partition coefficient (Wildman–Crippen LogP) is -0.946. The summed E-state index contributed by atoms with van der Waals surface area (Å²) in [6.07, 6.45) is 5.23. The first-order valence-electron chi connectivity index (χ1n) is 8.66. The Balaban J connectivity index is 0.00000210. The number of rotatable bonds is 7. The molecule has 2 aromatic heterocycles. The topological polar surface area (TPSA) is 85.5 Å². The summed E-state index contributed by atoms with van der Waals surface area (Å²) in [6, 6.07) is 5.28. The van der Waals surface area contributed by atoms with Crippen LogP contribution in [0.25, 0.3) is 0 Å². The molecule has 1 fully saturated rings. The van der Waals surface area contributed by atoms with Crippen LogP contribution in [0.1, 0.15) is 18.2 Å². The van der Waals surface area contributed by atoms with Gasteiger partial charge in [0, 0.05) is 37.7 Å². The van der Waals surface area contributed by atoms with Gasteiger partial charge >= 0.3 is 68.9 Å². The Morgan fingerprint density at radius 1 is 1.41 bits per heavy atom. The van der Waals surface area contributed by atoms with E-state index in [1.54, 1.807) is 37.7 Å². The van der Waals surface area contributed by atoms with Gasteiger partial charge < -0.3 is 31.9 Å². The molecular formula is C21H25CsN3O4-. The molecule has 0 unspecified atom stereocenters. The van der Waals surface area contributed by atoms with E-state index >= 15 is 0 Å². The minimum absolute atomic E-state index is 0. The van der Waals surface area contributed by atoms with Crippen molar-refractivity contribution in [1.82, 2.24) is 9.97 Å². The second kappa shape index (κ2) is 12.8. The van der Waals surface area contributed by atoms with Crippen LogP contribution in [-0.2, 0) is 9.47 Å². The first-order valence-corrected chi connectivity index (χ1v) is 8.66. The number of anilines is 1. The molecule has 0 aromatic carbocycles. The molecule has 3 rings (SSSR count). The third-order valence-electron chi connectivity index (χ3n) is 4.24. The molecule has 0 spiro atoms. The van der Waals surface area contributed by atoms with Crippen LogP contribution in [0.3, 0.4) is 0 Å². The zero-order chi connectivity index (χ0) is 19.1. The molecule has 1 aliphatic rings. The Morgan fingerprint density at radius 2 is 2.21 bits per heavy atom. The third kappa shape index (κ3) is 7.15. The van der Waals surface area contributed by atoms with Crippen molar-refractivity contribution >= 4 is 5.69 Å². The molecular weight excluding hydrogens is 491 g/mol.